The van der Waals surface area contributed by atoms with Gasteiger partial charge in [-0.05, 0) is 40.5 Å². The molecule has 19 heavy (non-hydrogen) atoms. The van der Waals surface area contributed by atoms with Crippen molar-refractivity contribution in [2.75, 3.05) is 0 Å². The average molecular weight is 343 g/mol. The topological polar surface area (TPSA) is 57.8 Å². The maximum absolute atomic E-state index is 12.1. The number of imidazole rings is 1. The van der Waals surface area contributed by atoms with Gasteiger partial charge in [0.1, 0.15) is 5.82 Å². The predicted octanol–water partition coefficient (Wildman–Crippen LogP) is 3.71. The highest BCUT2D eigenvalue weighted by Crippen LogP contribution is 2.23. The van der Waals surface area contributed by atoms with Crippen LogP contribution < -0.4 is 5.32 Å². The third-order valence-electron chi connectivity index (χ3n) is 2.74. The lowest BCUT2D eigenvalue weighted by molar-refractivity contribution is 0.0934. The molecule has 0 fully saturated rings. The van der Waals surface area contributed by atoms with E-state index in [2.05, 4.69) is 31.2 Å². The number of H-pyrrole nitrogens is 1. The van der Waals surface area contributed by atoms with Crippen LogP contribution in [0.15, 0.2) is 35.1 Å². The van der Waals surface area contributed by atoms with Gasteiger partial charge in [-0.25, -0.2) is 4.98 Å². The number of aromatic amines is 1. The Morgan fingerprint density at radius 1 is 1.58 bits per heavy atom. The number of nitrogens with zero attached hydrogens (tertiary/aromatic N) is 1. The molecule has 2 N–H and O–H groups in total. The van der Waals surface area contributed by atoms with Crippen LogP contribution in [0.2, 0.25) is 5.02 Å². The van der Waals surface area contributed by atoms with Gasteiger partial charge in [0.2, 0.25) is 0 Å². The second kappa shape index (κ2) is 6.21. The third kappa shape index (κ3) is 3.36. The molecule has 100 valence electrons. The van der Waals surface area contributed by atoms with Crippen molar-refractivity contribution in [3.8, 4) is 0 Å². The molecular formula is C13H13BrClN3O. The van der Waals surface area contributed by atoms with Crippen molar-refractivity contribution in [1.82, 2.24) is 15.3 Å². The number of carbonyl (C=O) groups excluding carboxylic acids is 1. The van der Waals surface area contributed by atoms with E-state index in [1.165, 1.54) is 0 Å². The van der Waals surface area contributed by atoms with Crippen molar-refractivity contribution in [3.05, 3.63) is 51.5 Å². The van der Waals surface area contributed by atoms with Crippen molar-refractivity contribution in [2.24, 2.45) is 0 Å². The van der Waals surface area contributed by atoms with Crippen LogP contribution in [0.3, 0.4) is 0 Å². The Morgan fingerprint density at radius 2 is 2.37 bits per heavy atom. The molecule has 0 radical (unpaired) electrons. The summed E-state index contributed by atoms with van der Waals surface area (Å²) >= 11 is 9.28. The molecular weight excluding hydrogens is 330 g/mol. The number of halogens is 2. The normalized spacial score (nSPS) is 12.2. The molecule has 2 aromatic rings. The highest BCUT2D eigenvalue weighted by atomic mass is 79.9. The molecule has 0 saturated heterocycles. The van der Waals surface area contributed by atoms with Gasteiger partial charge in [0.15, 0.2) is 0 Å². The molecule has 1 atom stereocenters. The van der Waals surface area contributed by atoms with Crippen molar-refractivity contribution in [1.29, 1.82) is 0 Å². The number of rotatable bonds is 4. The van der Waals surface area contributed by atoms with Crippen LogP contribution in [0.4, 0.5) is 0 Å². The van der Waals surface area contributed by atoms with Crippen LogP contribution in [-0.2, 0) is 0 Å². The van der Waals surface area contributed by atoms with Gasteiger partial charge in [0, 0.05) is 22.4 Å². The smallest absolute Gasteiger partial charge is 0.251 e. The molecule has 0 aliphatic heterocycles. The van der Waals surface area contributed by atoms with Gasteiger partial charge in [-0.3, -0.25) is 4.79 Å². The minimum atomic E-state index is -0.169. The molecule has 0 aliphatic carbocycles. The Morgan fingerprint density at radius 3 is 2.95 bits per heavy atom. The van der Waals surface area contributed by atoms with E-state index in [9.17, 15) is 4.79 Å². The largest absolute Gasteiger partial charge is 0.347 e. The molecule has 0 spiro atoms. The number of nitrogens with one attached hydrogen (secondary N) is 2. The Balaban J connectivity index is 2.13. The number of carbonyl (C=O) groups is 1. The summed E-state index contributed by atoms with van der Waals surface area (Å²) < 4.78 is 0.767. The third-order valence-corrected chi connectivity index (χ3v) is 3.98. The molecule has 6 heteroatoms. The van der Waals surface area contributed by atoms with Crippen LogP contribution in [-0.4, -0.2) is 15.9 Å². The summed E-state index contributed by atoms with van der Waals surface area (Å²) in [7, 11) is 0. The average Bonchev–Trinajstić information content (AvgIpc) is 2.92. The van der Waals surface area contributed by atoms with Gasteiger partial charge in [0.25, 0.3) is 5.91 Å². The molecule has 0 aliphatic rings. The molecule has 1 unspecified atom stereocenters. The Kier molecular flexibility index (Phi) is 4.61. The van der Waals surface area contributed by atoms with E-state index in [1.54, 1.807) is 30.6 Å². The number of hydrogen-bond donors (Lipinski definition) is 2. The molecule has 4 nitrogen and oxygen atoms in total. The molecule has 1 amide bonds. The maximum Gasteiger partial charge on any atom is 0.251 e. The first-order valence-corrected chi connectivity index (χ1v) is 7.04. The lowest BCUT2D eigenvalue weighted by Gasteiger charge is -2.14. The van der Waals surface area contributed by atoms with Crippen LogP contribution in [0.5, 0.6) is 0 Å². The van der Waals surface area contributed by atoms with Gasteiger partial charge in [0.05, 0.1) is 11.1 Å². The van der Waals surface area contributed by atoms with Crippen LogP contribution in [0.1, 0.15) is 35.6 Å². The number of benzene rings is 1. The lowest BCUT2D eigenvalue weighted by Crippen LogP contribution is -2.28. The van der Waals surface area contributed by atoms with Crippen LogP contribution in [0.25, 0.3) is 0 Å². The van der Waals surface area contributed by atoms with Crippen molar-refractivity contribution >= 4 is 33.4 Å². The monoisotopic (exact) mass is 341 g/mol. The van der Waals surface area contributed by atoms with Gasteiger partial charge < -0.3 is 10.3 Å². The Bertz CT molecular complexity index is 571. The van der Waals surface area contributed by atoms with Crippen molar-refractivity contribution in [3.63, 3.8) is 0 Å². The summed E-state index contributed by atoms with van der Waals surface area (Å²) in [6.07, 6.45) is 4.16. The maximum atomic E-state index is 12.1. The highest BCUT2D eigenvalue weighted by Gasteiger charge is 2.16. The summed E-state index contributed by atoms with van der Waals surface area (Å²) in [6.45, 7) is 1.99. The number of aromatic nitrogens is 2. The first-order chi connectivity index (χ1) is 9.11. The quantitative estimate of drug-likeness (QED) is 0.890. The summed E-state index contributed by atoms with van der Waals surface area (Å²) in [5, 5.41) is 3.44. The fourth-order valence-corrected chi connectivity index (χ4v) is 2.14. The van der Waals surface area contributed by atoms with Crippen molar-refractivity contribution in [2.45, 2.75) is 19.4 Å². The van der Waals surface area contributed by atoms with Gasteiger partial charge in [-0.15, -0.1) is 0 Å². The van der Waals surface area contributed by atoms with E-state index in [1.807, 2.05) is 6.92 Å². The van der Waals surface area contributed by atoms with E-state index in [4.69, 9.17) is 11.6 Å². The van der Waals surface area contributed by atoms with Crippen molar-refractivity contribution < 1.29 is 4.79 Å². The second-order valence-corrected chi connectivity index (χ2v) is 5.30. The summed E-state index contributed by atoms with van der Waals surface area (Å²) in [4.78, 5) is 19.3. The molecule has 1 aromatic heterocycles. The minimum absolute atomic E-state index is 0.134. The highest BCUT2D eigenvalue weighted by molar-refractivity contribution is 9.10. The summed E-state index contributed by atoms with van der Waals surface area (Å²) in [6, 6.07) is 4.98. The van der Waals surface area contributed by atoms with Crippen LogP contribution >= 0.6 is 27.5 Å². The second-order valence-electron chi connectivity index (χ2n) is 4.04. The van der Waals surface area contributed by atoms with E-state index in [0.717, 1.165) is 16.7 Å². The fraction of sp³-hybridized carbons (Fsp3) is 0.231. The first kappa shape index (κ1) is 14.1. The standard InChI is InChI=1S/C13H13BrClN3O/c1-2-11(12-16-5-6-17-12)18-13(19)8-3-4-9(14)10(15)7-8/h3-7,11H,2H2,1H3,(H,16,17)(H,18,19). The van der Waals surface area contributed by atoms with E-state index < -0.39 is 0 Å². The zero-order chi connectivity index (χ0) is 13.8. The number of hydrogen-bond acceptors (Lipinski definition) is 2. The van der Waals surface area contributed by atoms with Crippen LogP contribution in [0, 0.1) is 0 Å². The minimum Gasteiger partial charge on any atom is -0.347 e. The van der Waals surface area contributed by atoms with E-state index in [-0.39, 0.29) is 11.9 Å². The summed E-state index contributed by atoms with van der Waals surface area (Å²) in [5.41, 5.74) is 0.526. The molecule has 1 aromatic carbocycles. The van der Waals surface area contributed by atoms with E-state index in [0.29, 0.717) is 10.6 Å². The molecule has 0 bridgehead atoms. The van der Waals surface area contributed by atoms with E-state index >= 15 is 0 Å². The zero-order valence-corrected chi connectivity index (χ0v) is 12.6. The van der Waals surface area contributed by atoms with Gasteiger partial charge in [-0.1, -0.05) is 18.5 Å². The SMILES string of the molecule is CCC(NC(=O)c1ccc(Br)c(Cl)c1)c1ncc[nH]1. The molecule has 2 rings (SSSR count). The predicted molar refractivity (Wildman–Crippen MR) is 78.2 cm³/mol. The first-order valence-electron chi connectivity index (χ1n) is 5.87. The lowest BCUT2D eigenvalue weighted by atomic mass is 10.1. The molecule has 1 heterocycles. The zero-order valence-electron chi connectivity index (χ0n) is 10.3. The van der Waals surface area contributed by atoms with Gasteiger partial charge >= 0.3 is 0 Å². The Labute approximate surface area is 124 Å². The fourth-order valence-electron chi connectivity index (χ4n) is 1.71. The summed E-state index contributed by atoms with van der Waals surface area (Å²) in [5.74, 6) is 0.580. The van der Waals surface area contributed by atoms with Gasteiger partial charge in [-0.2, -0.15) is 0 Å². The Hall–Kier alpha value is -1.33. The molecule has 0 saturated carbocycles. The number of amides is 1.